The summed E-state index contributed by atoms with van der Waals surface area (Å²) in [6.07, 6.45) is 5.99. The quantitative estimate of drug-likeness (QED) is 0.641. The Hall–Kier alpha value is -1.54. The van der Waals surface area contributed by atoms with Crippen molar-refractivity contribution in [3.05, 3.63) is 26.7 Å². The number of fused-ring (bicyclic) bond motifs is 1. The van der Waals surface area contributed by atoms with Crippen LogP contribution in [0.5, 0.6) is 0 Å². The number of hydrogen-bond donors (Lipinski definition) is 2. The van der Waals surface area contributed by atoms with Gasteiger partial charge in [0.05, 0.1) is 6.61 Å². The molecule has 5 unspecified atom stereocenters. The fourth-order valence-electron chi connectivity index (χ4n) is 6.45. The van der Waals surface area contributed by atoms with Crippen LogP contribution in [0.3, 0.4) is 0 Å². The predicted molar refractivity (Wildman–Crippen MR) is 114 cm³/mol. The number of nitrogens with one attached hydrogen (secondary N) is 1. The lowest BCUT2D eigenvalue weighted by atomic mass is 9.75. The molecule has 4 bridgehead atoms. The molecule has 0 aliphatic heterocycles. The third-order valence-electron chi connectivity index (χ3n) is 7.40. The van der Waals surface area contributed by atoms with Crippen LogP contribution in [0.25, 0.3) is 11.2 Å². The maximum absolute atomic E-state index is 13.1. The second-order valence-electron chi connectivity index (χ2n) is 9.07. The van der Waals surface area contributed by atoms with Crippen LogP contribution in [-0.4, -0.2) is 42.3 Å². The van der Waals surface area contributed by atoms with Crippen molar-refractivity contribution in [2.24, 2.45) is 23.7 Å². The molecule has 0 saturated heterocycles. The number of aliphatic hydroxyl groups excluding tert-OH is 1. The van der Waals surface area contributed by atoms with Gasteiger partial charge in [0.2, 0.25) is 0 Å². The second kappa shape index (κ2) is 7.61. The highest BCUT2D eigenvalue weighted by atomic mass is 32.2. The molecule has 0 radical (unpaired) electrons. The number of imidazole rings is 1. The first kappa shape index (κ1) is 19.4. The first-order valence-corrected chi connectivity index (χ1v) is 12.2. The Bertz CT molecular complexity index is 1020. The molecule has 7 nitrogen and oxygen atoms in total. The first-order valence-electron chi connectivity index (χ1n) is 11.0. The molecular formula is C21H30N4O3S. The summed E-state index contributed by atoms with van der Waals surface area (Å²) in [5.74, 6) is 5.79. The third kappa shape index (κ3) is 3.10. The summed E-state index contributed by atoms with van der Waals surface area (Å²) in [4.78, 5) is 34.4. The summed E-state index contributed by atoms with van der Waals surface area (Å²) in [6, 6.07) is 0. The SMILES string of the molecule is CCCn1c(=O)c2[nH]c(C3C4CC5CC(C4)C3C5)nc2n(CCSCCO)c1=O. The Morgan fingerprint density at radius 1 is 1.10 bits per heavy atom. The van der Waals surface area contributed by atoms with Gasteiger partial charge in [0.15, 0.2) is 5.65 Å². The average molecular weight is 419 g/mol. The molecule has 4 fully saturated rings. The van der Waals surface area contributed by atoms with Crippen molar-refractivity contribution in [2.75, 3.05) is 18.1 Å². The maximum atomic E-state index is 13.1. The van der Waals surface area contributed by atoms with Crippen LogP contribution >= 0.6 is 11.8 Å². The minimum absolute atomic E-state index is 0.128. The summed E-state index contributed by atoms with van der Waals surface area (Å²) in [7, 11) is 0. The number of aliphatic hydroxyl groups is 1. The topological polar surface area (TPSA) is 92.9 Å². The molecule has 0 spiro atoms. The molecule has 8 heteroatoms. The van der Waals surface area contributed by atoms with Crippen LogP contribution in [0.4, 0.5) is 0 Å². The average Bonchev–Trinajstić information content (AvgIpc) is 3.33. The van der Waals surface area contributed by atoms with Gasteiger partial charge in [-0.3, -0.25) is 13.9 Å². The van der Waals surface area contributed by atoms with Gasteiger partial charge in [0, 0.05) is 30.5 Å². The van der Waals surface area contributed by atoms with Crippen LogP contribution in [0.1, 0.15) is 50.8 Å². The Morgan fingerprint density at radius 3 is 2.69 bits per heavy atom. The van der Waals surface area contributed by atoms with Gasteiger partial charge >= 0.3 is 5.69 Å². The molecule has 2 aromatic heterocycles. The van der Waals surface area contributed by atoms with Gasteiger partial charge in [0.1, 0.15) is 11.3 Å². The first-order chi connectivity index (χ1) is 14.1. The van der Waals surface area contributed by atoms with Gasteiger partial charge in [-0.15, -0.1) is 0 Å². The highest BCUT2D eigenvalue weighted by molar-refractivity contribution is 7.99. The summed E-state index contributed by atoms with van der Waals surface area (Å²) >= 11 is 1.61. The molecule has 4 aliphatic carbocycles. The Kier molecular flexibility index (Phi) is 5.10. The lowest BCUT2D eigenvalue weighted by Gasteiger charge is -2.30. The lowest BCUT2D eigenvalue weighted by molar-refractivity contribution is 0.244. The number of thioether (sulfide) groups is 1. The van der Waals surface area contributed by atoms with E-state index in [9.17, 15) is 9.59 Å². The van der Waals surface area contributed by atoms with E-state index in [-0.39, 0.29) is 17.9 Å². The number of aryl methyl sites for hydroxylation is 1. The van der Waals surface area contributed by atoms with Crippen molar-refractivity contribution in [1.82, 2.24) is 19.1 Å². The molecular weight excluding hydrogens is 388 g/mol. The molecule has 29 heavy (non-hydrogen) atoms. The highest BCUT2D eigenvalue weighted by Crippen LogP contribution is 2.63. The van der Waals surface area contributed by atoms with E-state index < -0.39 is 0 Å². The zero-order valence-corrected chi connectivity index (χ0v) is 17.8. The number of nitrogens with zero attached hydrogens (tertiary/aromatic N) is 3. The van der Waals surface area contributed by atoms with Gasteiger partial charge in [-0.25, -0.2) is 9.78 Å². The fourth-order valence-corrected chi connectivity index (χ4v) is 7.09. The van der Waals surface area contributed by atoms with Crippen molar-refractivity contribution in [3.8, 4) is 0 Å². The van der Waals surface area contributed by atoms with E-state index >= 15 is 0 Å². The van der Waals surface area contributed by atoms with E-state index in [1.165, 1.54) is 30.3 Å². The zero-order chi connectivity index (χ0) is 20.1. The summed E-state index contributed by atoms with van der Waals surface area (Å²) in [5.41, 5.74) is 0.500. The molecule has 5 atom stereocenters. The summed E-state index contributed by atoms with van der Waals surface area (Å²) in [6.45, 7) is 3.02. The number of H-pyrrole nitrogens is 1. The van der Waals surface area contributed by atoms with Crippen LogP contribution < -0.4 is 11.2 Å². The molecule has 6 rings (SSSR count). The fraction of sp³-hybridized carbons (Fsp3) is 0.762. The third-order valence-corrected chi connectivity index (χ3v) is 8.34. The minimum Gasteiger partial charge on any atom is -0.396 e. The Labute approximate surface area is 173 Å². The molecule has 2 heterocycles. The Balaban J connectivity index is 1.57. The highest BCUT2D eigenvalue weighted by Gasteiger charge is 2.55. The second-order valence-corrected chi connectivity index (χ2v) is 10.3. The lowest BCUT2D eigenvalue weighted by Crippen LogP contribution is -2.40. The van der Waals surface area contributed by atoms with Crippen molar-refractivity contribution in [3.63, 3.8) is 0 Å². The van der Waals surface area contributed by atoms with Gasteiger partial charge < -0.3 is 10.1 Å². The standard InChI is InChI=1S/C21H30N4O3S/c1-2-3-25-20(27)17-19(24(21(25)28)4-6-29-7-5-26)23-18(22-17)16-14-9-12-8-13(11-14)15(16)10-12/h12-16,26H,2-11H2,1H3,(H,22,23). The summed E-state index contributed by atoms with van der Waals surface area (Å²) < 4.78 is 3.02. The van der Waals surface area contributed by atoms with Crippen molar-refractivity contribution < 1.29 is 5.11 Å². The van der Waals surface area contributed by atoms with Gasteiger partial charge in [-0.2, -0.15) is 11.8 Å². The minimum atomic E-state index is -0.263. The molecule has 158 valence electrons. The van der Waals surface area contributed by atoms with E-state index in [4.69, 9.17) is 10.1 Å². The zero-order valence-electron chi connectivity index (χ0n) is 17.0. The van der Waals surface area contributed by atoms with Crippen LogP contribution in [-0.2, 0) is 13.1 Å². The largest absolute Gasteiger partial charge is 0.396 e. The van der Waals surface area contributed by atoms with Gasteiger partial charge in [-0.1, -0.05) is 6.92 Å². The van der Waals surface area contributed by atoms with E-state index in [1.807, 2.05) is 6.92 Å². The van der Waals surface area contributed by atoms with Crippen LogP contribution in [0, 0.1) is 23.7 Å². The Morgan fingerprint density at radius 2 is 1.93 bits per heavy atom. The van der Waals surface area contributed by atoms with E-state index in [0.29, 0.717) is 53.5 Å². The molecule has 4 saturated carbocycles. The molecule has 2 N–H and O–H groups in total. The number of rotatable bonds is 8. The summed E-state index contributed by atoms with van der Waals surface area (Å²) in [5, 5.41) is 9.02. The maximum Gasteiger partial charge on any atom is 0.332 e. The van der Waals surface area contributed by atoms with Crippen molar-refractivity contribution >= 4 is 22.9 Å². The number of aromatic nitrogens is 4. The normalized spacial score (nSPS) is 30.1. The smallest absolute Gasteiger partial charge is 0.332 e. The number of aromatic amines is 1. The van der Waals surface area contributed by atoms with E-state index in [1.54, 1.807) is 16.3 Å². The van der Waals surface area contributed by atoms with Gasteiger partial charge in [-0.05, 0) is 55.8 Å². The van der Waals surface area contributed by atoms with E-state index in [2.05, 4.69) is 4.98 Å². The monoisotopic (exact) mass is 418 g/mol. The van der Waals surface area contributed by atoms with Crippen LogP contribution in [0.15, 0.2) is 9.59 Å². The van der Waals surface area contributed by atoms with E-state index in [0.717, 1.165) is 24.1 Å². The molecule has 0 amide bonds. The molecule has 0 aromatic carbocycles. The van der Waals surface area contributed by atoms with Crippen molar-refractivity contribution in [1.29, 1.82) is 0 Å². The predicted octanol–water partition coefficient (Wildman–Crippen LogP) is 2.17. The van der Waals surface area contributed by atoms with Crippen molar-refractivity contribution in [2.45, 2.75) is 58.0 Å². The van der Waals surface area contributed by atoms with Gasteiger partial charge in [0.25, 0.3) is 5.56 Å². The number of hydrogen-bond acceptors (Lipinski definition) is 5. The molecule has 2 aromatic rings. The van der Waals surface area contributed by atoms with Crippen LogP contribution in [0.2, 0.25) is 0 Å². The molecule has 4 aliphatic rings.